The molecule has 1 rings (SSSR count). The monoisotopic (exact) mass is 141 g/mol. The Morgan fingerprint density at radius 2 is 2.30 bits per heavy atom. The minimum absolute atomic E-state index is 0.405. The summed E-state index contributed by atoms with van der Waals surface area (Å²) >= 11 is 0. The normalized spacial score (nSPS) is 9.40. The fourth-order valence-electron chi connectivity index (χ4n) is 0.672. The van der Waals surface area contributed by atoms with Crippen LogP contribution >= 0.6 is 0 Å². The summed E-state index contributed by atoms with van der Waals surface area (Å²) in [7, 11) is 1.50. The van der Waals surface area contributed by atoms with Crippen molar-refractivity contribution in [2.45, 2.75) is 6.92 Å². The molecule has 0 atom stereocenters. The van der Waals surface area contributed by atoms with Crippen molar-refractivity contribution >= 4 is 0 Å². The first-order valence-corrected chi connectivity index (χ1v) is 2.85. The first kappa shape index (κ1) is 6.80. The molecule has 0 aliphatic carbocycles. The van der Waals surface area contributed by atoms with E-state index in [9.17, 15) is 0 Å². The summed E-state index contributed by atoms with van der Waals surface area (Å²) in [6.07, 6.45) is 2.87. The van der Waals surface area contributed by atoms with Crippen molar-refractivity contribution in [1.82, 2.24) is 4.98 Å². The number of nitrogens with zero attached hydrogens (tertiary/aromatic N) is 2. The highest BCUT2D eigenvalue weighted by atomic mass is 16.5. The summed E-state index contributed by atoms with van der Waals surface area (Å²) in [6.45, 7) is 1.77. The molecule has 4 nitrogen and oxygen atoms in total. The van der Waals surface area contributed by atoms with Gasteiger partial charge < -0.3 is 4.74 Å². The van der Waals surface area contributed by atoms with Crippen LogP contribution in [0.3, 0.4) is 0 Å². The quantitative estimate of drug-likeness (QED) is 0.439. The molecule has 4 heteroatoms. The summed E-state index contributed by atoms with van der Waals surface area (Å²) in [5, 5.41) is 8.92. The number of aromatic nitrogens is 2. The van der Waals surface area contributed by atoms with Crippen LogP contribution in [0.5, 0.6) is 5.88 Å². The standard InChI is InChI=1S/C6H9N2O2/c1-5-3-8(9)4-6(7-5)10-2/h3-4H,1-2H3,(H,7,9)/q+1. The molecule has 0 aromatic carbocycles. The molecule has 0 aliphatic rings. The Kier molecular flexibility index (Phi) is 1.71. The largest absolute Gasteiger partial charge is 0.477 e. The van der Waals surface area contributed by atoms with Crippen molar-refractivity contribution in [1.29, 1.82) is 0 Å². The molecule has 1 heterocycles. The van der Waals surface area contributed by atoms with E-state index in [4.69, 9.17) is 9.94 Å². The minimum Gasteiger partial charge on any atom is -0.477 e. The van der Waals surface area contributed by atoms with E-state index in [1.54, 1.807) is 6.92 Å². The third kappa shape index (κ3) is 1.34. The first-order valence-electron chi connectivity index (χ1n) is 2.85. The molecule has 0 aliphatic heterocycles. The van der Waals surface area contributed by atoms with Crippen LogP contribution in [0.15, 0.2) is 12.4 Å². The zero-order valence-electron chi connectivity index (χ0n) is 5.90. The van der Waals surface area contributed by atoms with Gasteiger partial charge in [0.05, 0.1) is 7.11 Å². The summed E-state index contributed by atoms with van der Waals surface area (Å²) in [6, 6.07) is 0. The predicted octanol–water partition coefficient (Wildman–Crippen LogP) is -0.0766. The molecule has 1 aromatic heterocycles. The van der Waals surface area contributed by atoms with Crippen LogP contribution in [-0.4, -0.2) is 17.3 Å². The van der Waals surface area contributed by atoms with Gasteiger partial charge in [0.15, 0.2) is 0 Å². The molecular formula is C6H9N2O2+. The molecule has 10 heavy (non-hydrogen) atoms. The lowest BCUT2D eigenvalue weighted by Crippen LogP contribution is -2.29. The molecule has 0 fully saturated rings. The summed E-state index contributed by atoms with van der Waals surface area (Å²) in [5.74, 6) is 0.405. The molecule has 0 radical (unpaired) electrons. The second-order valence-electron chi connectivity index (χ2n) is 1.93. The smallest absolute Gasteiger partial charge is 0.284 e. The van der Waals surface area contributed by atoms with Crippen molar-refractivity contribution in [2.75, 3.05) is 7.11 Å². The van der Waals surface area contributed by atoms with Crippen LogP contribution < -0.4 is 9.47 Å². The van der Waals surface area contributed by atoms with Gasteiger partial charge in [-0.1, -0.05) is 0 Å². The third-order valence-electron chi connectivity index (χ3n) is 1.06. The van der Waals surface area contributed by atoms with Crippen LogP contribution in [-0.2, 0) is 0 Å². The highest BCUT2D eigenvalue weighted by molar-refractivity contribution is 5.01. The van der Waals surface area contributed by atoms with Crippen LogP contribution in [0, 0.1) is 6.92 Å². The lowest BCUT2D eigenvalue weighted by molar-refractivity contribution is -0.905. The van der Waals surface area contributed by atoms with Gasteiger partial charge in [0.1, 0.15) is 5.69 Å². The van der Waals surface area contributed by atoms with Gasteiger partial charge in [-0.15, -0.1) is 0 Å². The maximum absolute atomic E-state index is 8.92. The van der Waals surface area contributed by atoms with E-state index in [-0.39, 0.29) is 0 Å². The molecule has 0 unspecified atom stereocenters. The molecule has 0 saturated heterocycles. The highest BCUT2D eigenvalue weighted by Crippen LogP contribution is 1.99. The van der Waals surface area contributed by atoms with E-state index in [1.807, 2.05) is 0 Å². The van der Waals surface area contributed by atoms with Gasteiger partial charge in [-0.05, 0) is 6.92 Å². The molecule has 0 saturated carbocycles. The lowest BCUT2D eigenvalue weighted by Gasteiger charge is -1.93. The molecular weight excluding hydrogens is 132 g/mol. The van der Waals surface area contributed by atoms with E-state index in [0.717, 1.165) is 4.73 Å². The molecule has 0 bridgehead atoms. The van der Waals surface area contributed by atoms with Crippen LogP contribution in [0.25, 0.3) is 0 Å². The molecule has 54 valence electrons. The minimum atomic E-state index is 0.405. The van der Waals surface area contributed by atoms with E-state index < -0.39 is 0 Å². The highest BCUT2D eigenvalue weighted by Gasteiger charge is 2.03. The van der Waals surface area contributed by atoms with Gasteiger partial charge >= 0.3 is 0 Å². The number of ether oxygens (including phenoxy) is 1. The Balaban J connectivity index is 3.06. The van der Waals surface area contributed by atoms with Crippen molar-refractivity contribution in [3.8, 4) is 5.88 Å². The number of methoxy groups -OCH3 is 1. The Labute approximate surface area is 58.7 Å². The Morgan fingerprint density at radius 1 is 1.60 bits per heavy atom. The average Bonchev–Trinajstić information content (AvgIpc) is 1.85. The predicted molar refractivity (Wildman–Crippen MR) is 32.9 cm³/mol. The van der Waals surface area contributed by atoms with E-state index in [2.05, 4.69) is 4.98 Å². The third-order valence-corrected chi connectivity index (χ3v) is 1.06. The number of hydrogen-bond acceptors (Lipinski definition) is 3. The molecule has 1 aromatic rings. The molecule has 0 amide bonds. The van der Waals surface area contributed by atoms with Gasteiger partial charge in [0.25, 0.3) is 12.1 Å². The van der Waals surface area contributed by atoms with Crippen molar-refractivity contribution in [3.05, 3.63) is 18.1 Å². The Hall–Kier alpha value is -1.32. The molecule has 1 N–H and O–H groups in total. The number of rotatable bonds is 1. The van der Waals surface area contributed by atoms with Crippen molar-refractivity contribution in [2.24, 2.45) is 0 Å². The fraction of sp³-hybridized carbons (Fsp3) is 0.333. The zero-order chi connectivity index (χ0) is 7.56. The van der Waals surface area contributed by atoms with Gasteiger partial charge in [-0.2, -0.15) is 0 Å². The van der Waals surface area contributed by atoms with Gasteiger partial charge in [-0.25, -0.2) is 4.98 Å². The number of hydrogen-bond donors (Lipinski definition) is 1. The second-order valence-corrected chi connectivity index (χ2v) is 1.93. The molecule has 0 spiro atoms. The Bertz CT molecular complexity index is 217. The van der Waals surface area contributed by atoms with Crippen molar-refractivity contribution in [3.63, 3.8) is 0 Å². The van der Waals surface area contributed by atoms with E-state index in [0.29, 0.717) is 11.6 Å². The van der Waals surface area contributed by atoms with Crippen LogP contribution in [0.4, 0.5) is 0 Å². The number of aryl methyl sites for hydroxylation is 1. The van der Waals surface area contributed by atoms with Crippen LogP contribution in [0.2, 0.25) is 0 Å². The van der Waals surface area contributed by atoms with Gasteiger partial charge in [0.2, 0.25) is 6.20 Å². The second kappa shape index (κ2) is 2.51. The van der Waals surface area contributed by atoms with E-state index >= 15 is 0 Å². The summed E-state index contributed by atoms with van der Waals surface area (Å²) in [4.78, 5) is 3.95. The van der Waals surface area contributed by atoms with Gasteiger partial charge in [-0.3, -0.25) is 5.21 Å². The maximum Gasteiger partial charge on any atom is 0.284 e. The topological polar surface area (TPSA) is 46.2 Å². The van der Waals surface area contributed by atoms with Crippen molar-refractivity contribution < 1.29 is 14.7 Å². The SMILES string of the molecule is COc1c[n+](O)cc(C)n1. The van der Waals surface area contributed by atoms with Crippen LogP contribution in [0.1, 0.15) is 5.69 Å². The van der Waals surface area contributed by atoms with Gasteiger partial charge in [0, 0.05) is 4.73 Å². The summed E-state index contributed by atoms with van der Waals surface area (Å²) < 4.78 is 5.70. The zero-order valence-corrected chi connectivity index (χ0v) is 5.90. The first-order chi connectivity index (χ1) is 4.72. The fourth-order valence-corrected chi connectivity index (χ4v) is 0.672. The van der Waals surface area contributed by atoms with E-state index in [1.165, 1.54) is 19.5 Å². The lowest BCUT2D eigenvalue weighted by atomic mass is 10.5. The average molecular weight is 141 g/mol. The summed E-state index contributed by atoms with van der Waals surface area (Å²) in [5.41, 5.74) is 0.710. The Morgan fingerprint density at radius 3 is 2.80 bits per heavy atom. The maximum atomic E-state index is 8.92.